The molecule has 0 unspecified atom stereocenters. The summed E-state index contributed by atoms with van der Waals surface area (Å²) in [6.07, 6.45) is 0. The lowest BCUT2D eigenvalue weighted by molar-refractivity contribution is 0.306. The Hall–Kier alpha value is -0.990. The molecule has 0 aliphatic rings. The van der Waals surface area contributed by atoms with Crippen molar-refractivity contribution in [3.8, 4) is 5.75 Å². The lowest BCUT2D eigenvalue weighted by atomic mass is 10.2. The fraction of sp³-hybridized carbons (Fsp3) is 0.143. The zero-order valence-corrected chi connectivity index (χ0v) is 11.5. The quantitative estimate of drug-likeness (QED) is 0.736. The van der Waals surface area contributed by atoms with Gasteiger partial charge in [0.15, 0.2) is 0 Å². The van der Waals surface area contributed by atoms with Gasteiger partial charge in [-0.05, 0) is 35.4 Å². The lowest BCUT2D eigenvalue weighted by Gasteiger charge is -2.06. The third-order valence-electron chi connectivity index (χ3n) is 2.40. The normalized spacial score (nSPS) is 10.2. The van der Waals surface area contributed by atoms with E-state index < -0.39 is 0 Å². The van der Waals surface area contributed by atoms with Gasteiger partial charge >= 0.3 is 0 Å². The van der Waals surface area contributed by atoms with Gasteiger partial charge in [0.2, 0.25) is 0 Å². The predicted molar refractivity (Wildman–Crippen MR) is 74.9 cm³/mol. The van der Waals surface area contributed by atoms with Crippen molar-refractivity contribution in [1.82, 2.24) is 0 Å². The van der Waals surface area contributed by atoms with E-state index in [0.29, 0.717) is 6.61 Å². The number of rotatable bonds is 4. The smallest absolute Gasteiger partial charge is 0.119 e. The first-order valence-electron chi connectivity index (χ1n) is 5.30. The molecule has 3 heteroatoms. The van der Waals surface area contributed by atoms with Crippen LogP contribution in [0.25, 0.3) is 0 Å². The largest absolute Gasteiger partial charge is 0.489 e. The molecule has 2 aromatic rings. The molecule has 17 heavy (non-hydrogen) atoms. The average molecular weight is 312 g/mol. The summed E-state index contributed by atoms with van der Waals surface area (Å²) in [7, 11) is 0. The summed E-state index contributed by atoms with van der Waals surface area (Å²) in [5.41, 5.74) is 2.35. The van der Waals surface area contributed by atoms with E-state index in [1.54, 1.807) is 0 Å². The molecule has 1 nitrogen and oxygen atoms in total. The van der Waals surface area contributed by atoms with E-state index in [2.05, 4.69) is 15.9 Å². The highest BCUT2D eigenvalue weighted by atomic mass is 79.9. The van der Waals surface area contributed by atoms with E-state index in [4.69, 9.17) is 16.3 Å². The molecule has 0 aliphatic heterocycles. The van der Waals surface area contributed by atoms with Gasteiger partial charge in [0.25, 0.3) is 0 Å². The maximum absolute atomic E-state index is 5.82. The predicted octanol–water partition coefficient (Wildman–Crippen LogP) is 4.81. The molecule has 0 N–H and O–H groups in total. The number of alkyl halides is 1. The molecule has 0 heterocycles. The molecule has 88 valence electrons. The molecule has 0 atom stereocenters. The third kappa shape index (κ3) is 3.76. The summed E-state index contributed by atoms with van der Waals surface area (Å²) in [5, 5.41) is 1.61. The van der Waals surface area contributed by atoms with Crippen LogP contribution in [0.3, 0.4) is 0 Å². The lowest BCUT2D eigenvalue weighted by Crippen LogP contribution is -1.94. The Labute approximate surface area is 115 Å². The maximum atomic E-state index is 5.82. The highest BCUT2D eigenvalue weighted by Crippen LogP contribution is 2.16. The highest BCUT2D eigenvalue weighted by molar-refractivity contribution is 9.08. The van der Waals surface area contributed by atoms with Crippen molar-refractivity contribution in [2.75, 3.05) is 0 Å². The Kier molecular flexibility index (Phi) is 4.46. The SMILES string of the molecule is Clc1ccc(COc2ccc(CBr)cc2)cc1. The molecule has 0 fully saturated rings. The van der Waals surface area contributed by atoms with Crippen molar-refractivity contribution in [1.29, 1.82) is 0 Å². The van der Waals surface area contributed by atoms with E-state index in [0.717, 1.165) is 21.7 Å². The van der Waals surface area contributed by atoms with Crippen molar-refractivity contribution in [2.45, 2.75) is 11.9 Å². The maximum Gasteiger partial charge on any atom is 0.119 e. The van der Waals surface area contributed by atoms with Crippen LogP contribution in [-0.2, 0) is 11.9 Å². The molecular weight excluding hydrogens is 300 g/mol. The van der Waals surface area contributed by atoms with Gasteiger partial charge in [-0.2, -0.15) is 0 Å². The van der Waals surface area contributed by atoms with Gasteiger partial charge in [-0.15, -0.1) is 0 Å². The van der Waals surface area contributed by atoms with Crippen molar-refractivity contribution in [2.24, 2.45) is 0 Å². The van der Waals surface area contributed by atoms with Crippen LogP contribution in [0.1, 0.15) is 11.1 Å². The molecule has 2 rings (SSSR count). The molecule has 2 aromatic carbocycles. The minimum atomic E-state index is 0.560. The van der Waals surface area contributed by atoms with Crippen LogP contribution in [0.5, 0.6) is 5.75 Å². The van der Waals surface area contributed by atoms with E-state index >= 15 is 0 Å². The van der Waals surface area contributed by atoms with E-state index in [-0.39, 0.29) is 0 Å². The van der Waals surface area contributed by atoms with Crippen molar-refractivity contribution in [3.05, 3.63) is 64.7 Å². The van der Waals surface area contributed by atoms with Gasteiger partial charge in [0, 0.05) is 10.4 Å². The van der Waals surface area contributed by atoms with E-state index in [1.165, 1.54) is 5.56 Å². The second kappa shape index (κ2) is 6.08. The fourth-order valence-electron chi connectivity index (χ4n) is 1.42. The van der Waals surface area contributed by atoms with Crippen LogP contribution in [-0.4, -0.2) is 0 Å². The van der Waals surface area contributed by atoms with Gasteiger partial charge in [0.1, 0.15) is 12.4 Å². The summed E-state index contributed by atoms with van der Waals surface area (Å²) in [5.74, 6) is 0.879. The summed E-state index contributed by atoms with van der Waals surface area (Å²) >= 11 is 9.23. The molecule has 0 aliphatic carbocycles. The zero-order chi connectivity index (χ0) is 12.1. The Morgan fingerprint density at radius 2 is 1.47 bits per heavy atom. The van der Waals surface area contributed by atoms with Gasteiger partial charge in [-0.3, -0.25) is 0 Å². The second-order valence-corrected chi connectivity index (χ2v) is 4.69. The highest BCUT2D eigenvalue weighted by Gasteiger charge is 1.97. The molecule has 0 spiro atoms. The van der Waals surface area contributed by atoms with Crippen LogP contribution in [0.2, 0.25) is 5.02 Å². The van der Waals surface area contributed by atoms with E-state index in [9.17, 15) is 0 Å². The van der Waals surface area contributed by atoms with Gasteiger partial charge in [0.05, 0.1) is 0 Å². The van der Waals surface area contributed by atoms with Crippen LogP contribution < -0.4 is 4.74 Å². The summed E-state index contributed by atoms with van der Waals surface area (Å²) in [4.78, 5) is 0. The van der Waals surface area contributed by atoms with Crippen molar-refractivity contribution in [3.63, 3.8) is 0 Å². The molecule has 0 aromatic heterocycles. The average Bonchev–Trinajstić information content (AvgIpc) is 2.39. The molecule has 0 radical (unpaired) electrons. The number of hydrogen-bond acceptors (Lipinski definition) is 1. The first kappa shape index (κ1) is 12.5. The standard InChI is InChI=1S/C14H12BrClO/c15-9-11-3-7-14(8-4-11)17-10-12-1-5-13(16)6-2-12/h1-8H,9-10H2. The summed E-state index contributed by atoms with van der Waals surface area (Å²) in [6.45, 7) is 0.560. The fourth-order valence-corrected chi connectivity index (χ4v) is 1.92. The Balaban J connectivity index is 1.95. The molecule has 0 bridgehead atoms. The summed E-state index contributed by atoms with van der Waals surface area (Å²) < 4.78 is 5.67. The van der Waals surface area contributed by atoms with Gasteiger partial charge in [-0.1, -0.05) is 51.8 Å². The Morgan fingerprint density at radius 1 is 0.882 bits per heavy atom. The monoisotopic (exact) mass is 310 g/mol. The first-order valence-corrected chi connectivity index (χ1v) is 6.80. The Bertz CT molecular complexity index is 465. The number of halogens is 2. The van der Waals surface area contributed by atoms with Gasteiger partial charge < -0.3 is 4.74 Å². The minimum absolute atomic E-state index is 0.560. The number of hydrogen-bond donors (Lipinski definition) is 0. The van der Waals surface area contributed by atoms with Crippen molar-refractivity contribution >= 4 is 27.5 Å². The van der Waals surface area contributed by atoms with Crippen LogP contribution in [0, 0.1) is 0 Å². The molecular formula is C14H12BrClO. The third-order valence-corrected chi connectivity index (χ3v) is 3.30. The minimum Gasteiger partial charge on any atom is -0.489 e. The second-order valence-electron chi connectivity index (χ2n) is 3.69. The first-order chi connectivity index (χ1) is 8.28. The number of ether oxygens (including phenoxy) is 1. The van der Waals surface area contributed by atoms with Crippen LogP contribution in [0.15, 0.2) is 48.5 Å². The molecule has 0 saturated heterocycles. The topological polar surface area (TPSA) is 9.23 Å². The van der Waals surface area contributed by atoms with Crippen LogP contribution >= 0.6 is 27.5 Å². The van der Waals surface area contributed by atoms with E-state index in [1.807, 2.05) is 48.5 Å². The zero-order valence-electron chi connectivity index (χ0n) is 9.20. The molecule has 0 saturated carbocycles. The summed E-state index contributed by atoms with van der Waals surface area (Å²) in [6, 6.07) is 15.7. The van der Waals surface area contributed by atoms with Gasteiger partial charge in [-0.25, -0.2) is 0 Å². The number of benzene rings is 2. The van der Waals surface area contributed by atoms with Crippen molar-refractivity contribution < 1.29 is 4.74 Å². The Morgan fingerprint density at radius 3 is 2.06 bits per heavy atom. The molecule has 0 amide bonds. The van der Waals surface area contributed by atoms with Crippen LogP contribution in [0.4, 0.5) is 0 Å².